The van der Waals surface area contributed by atoms with Crippen LogP contribution in [0.15, 0.2) is 53.5 Å². The zero-order valence-electron chi connectivity index (χ0n) is 12.8. The average molecular weight is 357 g/mol. The fourth-order valence-electron chi connectivity index (χ4n) is 2.64. The maximum absolute atomic E-state index is 14.4. The number of hydrogen-bond acceptors (Lipinski definition) is 1. The van der Waals surface area contributed by atoms with Crippen molar-refractivity contribution in [1.29, 1.82) is 0 Å². The highest BCUT2D eigenvalue weighted by molar-refractivity contribution is 6.00. The van der Waals surface area contributed by atoms with Crippen LogP contribution in [0.2, 0.25) is 0 Å². The van der Waals surface area contributed by atoms with E-state index in [0.29, 0.717) is 18.2 Å². The van der Waals surface area contributed by atoms with Gasteiger partial charge in [0, 0.05) is 23.3 Å². The molecule has 3 rings (SSSR count). The molecule has 1 aliphatic heterocycles. The van der Waals surface area contributed by atoms with Gasteiger partial charge in [0.2, 0.25) is 0 Å². The minimum atomic E-state index is -2.99. The van der Waals surface area contributed by atoms with Crippen LogP contribution in [-0.4, -0.2) is 19.2 Å². The van der Waals surface area contributed by atoms with E-state index in [0.717, 1.165) is 0 Å². The number of para-hydroxylation sites is 1. The molecule has 0 fully saturated rings. The van der Waals surface area contributed by atoms with Crippen molar-refractivity contribution in [2.75, 3.05) is 7.05 Å². The Hall–Kier alpha value is -2.61. The highest BCUT2D eigenvalue weighted by Gasteiger charge is 2.42. The zero-order chi connectivity index (χ0) is 18.4. The van der Waals surface area contributed by atoms with Gasteiger partial charge < -0.3 is 0 Å². The molecule has 0 radical (unpaired) electrons. The summed E-state index contributed by atoms with van der Waals surface area (Å²) in [4.78, 5) is 0. The standard InChI is InChI=1S/C17H11F6N2/c1-25(16(21)8-14(24-25)17(22)23)15-5-3-2-4-9(15)10-6-12(19)13(20)7-11(10)18/h2-8,17H,1H3/q+1. The van der Waals surface area contributed by atoms with Gasteiger partial charge in [0.25, 0.3) is 6.43 Å². The molecule has 2 aromatic rings. The average Bonchev–Trinajstić information content (AvgIpc) is 2.88. The summed E-state index contributed by atoms with van der Waals surface area (Å²) in [5.74, 6) is -4.74. The molecule has 1 aliphatic rings. The van der Waals surface area contributed by atoms with Crippen LogP contribution in [0.25, 0.3) is 11.1 Å². The summed E-state index contributed by atoms with van der Waals surface area (Å²) < 4.78 is 79.9. The Kier molecular flexibility index (Phi) is 4.16. The Labute approximate surface area is 138 Å². The van der Waals surface area contributed by atoms with Crippen LogP contribution in [-0.2, 0) is 0 Å². The number of allylic oxidation sites excluding steroid dienone is 1. The van der Waals surface area contributed by atoms with Crippen LogP contribution < -0.4 is 4.59 Å². The van der Waals surface area contributed by atoms with Crippen molar-refractivity contribution in [2.45, 2.75) is 6.43 Å². The van der Waals surface area contributed by atoms with Crippen molar-refractivity contribution < 1.29 is 26.3 Å². The topological polar surface area (TPSA) is 12.4 Å². The molecule has 0 bridgehead atoms. The lowest BCUT2D eigenvalue weighted by atomic mass is 10.0. The number of nitrogens with zero attached hydrogens (tertiary/aromatic N) is 2. The molecule has 0 N–H and O–H groups in total. The Morgan fingerprint density at radius 2 is 1.52 bits per heavy atom. The van der Waals surface area contributed by atoms with E-state index in [2.05, 4.69) is 5.10 Å². The molecule has 130 valence electrons. The molecular weight excluding hydrogens is 346 g/mol. The first-order chi connectivity index (χ1) is 11.7. The molecule has 0 saturated heterocycles. The van der Waals surface area contributed by atoms with Gasteiger partial charge in [-0.1, -0.05) is 17.2 Å². The van der Waals surface area contributed by atoms with Crippen molar-refractivity contribution in [3.05, 3.63) is 65.9 Å². The third kappa shape index (κ3) is 2.82. The summed E-state index contributed by atoms with van der Waals surface area (Å²) in [6, 6.07) is 6.64. The van der Waals surface area contributed by atoms with Crippen LogP contribution in [0.4, 0.5) is 32.0 Å². The molecule has 8 heteroatoms. The number of halogens is 6. The highest BCUT2D eigenvalue weighted by Crippen LogP contribution is 2.41. The fourth-order valence-corrected chi connectivity index (χ4v) is 2.64. The van der Waals surface area contributed by atoms with E-state index in [4.69, 9.17) is 0 Å². The zero-order valence-corrected chi connectivity index (χ0v) is 12.8. The van der Waals surface area contributed by atoms with Crippen molar-refractivity contribution in [3.8, 4) is 11.1 Å². The molecule has 0 spiro atoms. The smallest absolute Gasteiger partial charge is 0.206 e. The molecule has 2 nitrogen and oxygen atoms in total. The second-order valence-corrected chi connectivity index (χ2v) is 5.51. The van der Waals surface area contributed by atoms with E-state index in [1.165, 1.54) is 31.3 Å². The molecular formula is C17H11F6N2+. The van der Waals surface area contributed by atoms with Crippen molar-refractivity contribution in [3.63, 3.8) is 0 Å². The minimum Gasteiger partial charge on any atom is -0.206 e. The minimum absolute atomic E-state index is 0.00296. The summed E-state index contributed by atoms with van der Waals surface area (Å²) in [6.07, 6.45) is -2.39. The predicted molar refractivity (Wildman–Crippen MR) is 82.1 cm³/mol. The van der Waals surface area contributed by atoms with Crippen molar-refractivity contribution in [2.24, 2.45) is 5.10 Å². The SMILES string of the molecule is C[N+]1(c2ccccc2-c2cc(F)c(F)cc2F)N=C(C(F)F)C=C1F. The Bertz CT molecular complexity index is 906. The molecule has 0 saturated carbocycles. The van der Waals surface area contributed by atoms with E-state index in [1.54, 1.807) is 0 Å². The number of hydrogen-bond donors (Lipinski definition) is 0. The van der Waals surface area contributed by atoms with Gasteiger partial charge in [-0.15, -0.1) is 8.98 Å². The van der Waals surface area contributed by atoms with Crippen LogP contribution in [0, 0.1) is 17.5 Å². The predicted octanol–water partition coefficient (Wildman–Crippen LogP) is 5.15. The third-order valence-electron chi connectivity index (χ3n) is 3.90. The summed E-state index contributed by atoms with van der Waals surface area (Å²) in [5, 5.41) is 3.67. The summed E-state index contributed by atoms with van der Waals surface area (Å²) in [6.45, 7) is 0. The van der Waals surface area contributed by atoms with Gasteiger partial charge >= 0.3 is 5.95 Å². The molecule has 1 heterocycles. The lowest BCUT2D eigenvalue weighted by Crippen LogP contribution is -2.35. The summed E-state index contributed by atoms with van der Waals surface area (Å²) >= 11 is 0. The number of alkyl halides is 2. The van der Waals surface area contributed by atoms with Crippen LogP contribution in [0.3, 0.4) is 0 Å². The molecule has 0 aromatic heterocycles. The second-order valence-electron chi connectivity index (χ2n) is 5.51. The van der Waals surface area contributed by atoms with Gasteiger partial charge in [0.05, 0.1) is 6.08 Å². The van der Waals surface area contributed by atoms with E-state index >= 15 is 0 Å². The van der Waals surface area contributed by atoms with Gasteiger partial charge in [-0.3, -0.25) is 0 Å². The quantitative estimate of drug-likeness (QED) is 0.312. The maximum Gasteiger partial charge on any atom is 0.319 e. The Balaban J connectivity index is 2.22. The van der Waals surface area contributed by atoms with Crippen molar-refractivity contribution in [1.82, 2.24) is 4.59 Å². The molecule has 2 aromatic carbocycles. The van der Waals surface area contributed by atoms with E-state index in [1.807, 2.05) is 0 Å². The van der Waals surface area contributed by atoms with Crippen molar-refractivity contribution >= 4 is 11.4 Å². The molecule has 1 atom stereocenters. The lowest BCUT2D eigenvalue weighted by Gasteiger charge is -2.24. The Morgan fingerprint density at radius 1 is 0.880 bits per heavy atom. The number of rotatable bonds is 3. The molecule has 25 heavy (non-hydrogen) atoms. The molecule has 1 unspecified atom stereocenters. The van der Waals surface area contributed by atoms with Crippen LogP contribution in [0.5, 0.6) is 0 Å². The maximum atomic E-state index is 14.4. The van der Waals surface area contributed by atoms with Gasteiger partial charge in [0.1, 0.15) is 12.9 Å². The van der Waals surface area contributed by atoms with Gasteiger partial charge in [-0.05, 0) is 12.1 Å². The summed E-state index contributed by atoms with van der Waals surface area (Å²) in [7, 11) is 1.19. The second kappa shape index (κ2) is 6.03. The van der Waals surface area contributed by atoms with Gasteiger partial charge in [0.15, 0.2) is 23.0 Å². The van der Waals surface area contributed by atoms with Gasteiger partial charge in [-0.25, -0.2) is 22.0 Å². The Morgan fingerprint density at radius 3 is 2.16 bits per heavy atom. The molecule has 0 aliphatic carbocycles. The van der Waals surface area contributed by atoms with Crippen LogP contribution in [0.1, 0.15) is 0 Å². The number of benzene rings is 2. The van der Waals surface area contributed by atoms with E-state index in [-0.39, 0.29) is 16.8 Å². The monoisotopic (exact) mass is 357 g/mol. The molecule has 0 amide bonds. The first-order valence-electron chi connectivity index (χ1n) is 7.11. The first-order valence-corrected chi connectivity index (χ1v) is 7.11. The lowest BCUT2D eigenvalue weighted by molar-refractivity contribution is 0.224. The number of quaternary nitrogens is 1. The highest BCUT2D eigenvalue weighted by atomic mass is 19.3. The van der Waals surface area contributed by atoms with Gasteiger partial charge in [-0.2, -0.15) is 0 Å². The fraction of sp³-hybridized carbons (Fsp3) is 0.118. The summed E-state index contributed by atoms with van der Waals surface area (Å²) in [5.41, 5.74) is -1.09. The first kappa shape index (κ1) is 17.2. The largest absolute Gasteiger partial charge is 0.319 e. The van der Waals surface area contributed by atoms with E-state index in [9.17, 15) is 26.3 Å². The van der Waals surface area contributed by atoms with Crippen LogP contribution >= 0.6 is 0 Å². The third-order valence-corrected chi connectivity index (χ3v) is 3.90. The normalized spacial score (nSPS) is 20.0. The van der Waals surface area contributed by atoms with E-state index < -0.39 is 40.1 Å².